The van der Waals surface area contributed by atoms with E-state index < -0.39 is 0 Å². The van der Waals surface area contributed by atoms with E-state index >= 15 is 0 Å². The van der Waals surface area contributed by atoms with Crippen molar-refractivity contribution in [3.63, 3.8) is 0 Å². The van der Waals surface area contributed by atoms with Gasteiger partial charge in [-0.1, -0.05) is 0 Å². The summed E-state index contributed by atoms with van der Waals surface area (Å²) in [4.78, 5) is 6.31. The van der Waals surface area contributed by atoms with Crippen molar-refractivity contribution in [1.29, 1.82) is 0 Å². The third kappa shape index (κ3) is 3.71. The molecular weight excluding hydrogens is 269 g/mol. The zero-order valence-electron chi connectivity index (χ0n) is 12.6. The van der Waals surface area contributed by atoms with Crippen LogP contribution >= 0.6 is 0 Å². The molecule has 1 saturated heterocycles. The van der Waals surface area contributed by atoms with Gasteiger partial charge in [0.15, 0.2) is 11.6 Å². The fourth-order valence-corrected chi connectivity index (χ4v) is 2.84. The molecule has 1 aromatic rings. The largest absolute Gasteiger partial charge is 0.378 e. The van der Waals surface area contributed by atoms with Crippen LogP contribution < -0.4 is 10.2 Å². The lowest BCUT2D eigenvalue weighted by Crippen LogP contribution is -2.38. The zero-order chi connectivity index (χ0) is 14.7. The first-order chi connectivity index (χ1) is 10.3. The maximum Gasteiger partial charge on any atom is 0.170 e. The highest BCUT2D eigenvalue weighted by Crippen LogP contribution is 2.25. The number of piperidine rings is 1. The van der Waals surface area contributed by atoms with Crippen molar-refractivity contribution in [2.75, 3.05) is 24.6 Å². The number of anilines is 1. The minimum Gasteiger partial charge on any atom is -0.378 e. The van der Waals surface area contributed by atoms with Crippen LogP contribution in [0.25, 0.3) is 0 Å². The molecule has 21 heavy (non-hydrogen) atoms. The summed E-state index contributed by atoms with van der Waals surface area (Å²) in [5, 5.41) is 3.36. The molecule has 0 bridgehead atoms. The Balaban J connectivity index is 1.63. The van der Waals surface area contributed by atoms with Crippen LogP contribution in [0, 0.1) is 5.82 Å². The predicted octanol–water partition coefficient (Wildman–Crippen LogP) is 2.48. The fourth-order valence-electron chi connectivity index (χ4n) is 2.84. The predicted molar refractivity (Wildman–Crippen MR) is 80.9 cm³/mol. The SMILES string of the molecule is CCOC1CCN(c2nccc(CNC3CC3)c2F)CC1. The third-order valence-electron chi connectivity index (χ3n) is 4.25. The molecule has 0 spiro atoms. The number of nitrogens with zero attached hydrogens (tertiary/aromatic N) is 2. The number of pyridine rings is 1. The highest BCUT2D eigenvalue weighted by Gasteiger charge is 2.24. The van der Waals surface area contributed by atoms with Crippen LogP contribution in [0.4, 0.5) is 10.2 Å². The number of rotatable bonds is 6. The van der Waals surface area contributed by atoms with E-state index in [-0.39, 0.29) is 5.82 Å². The smallest absolute Gasteiger partial charge is 0.170 e. The molecule has 0 unspecified atom stereocenters. The lowest BCUT2D eigenvalue weighted by Gasteiger charge is -2.33. The summed E-state index contributed by atoms with van der Waals surface area (Å²) in [5.41, 5.74) is 0.721. The highest BCUT2D eigenvalue weighted by molar-refractivity contribution is 5.43. The molecule has 0 radical (unpaired) electrons. The number of hydrogen-bond donors (Lipinski definition) is 1. The van der Waals surface area contributed by atoms with Crippen molar-refractivity contribution < 1.29 is 9.13 Å². The number of halogens is 1. The fraction of sp³-hybridized carbons (Fsp3) is 0.688. The molecule has 0 aromatic carbocycles. The number of aromatic nitrogens is 1. The van der Waals surface area contributed by atoms with E-state index in [1.54, 1.807) is 12.3 Å². The topological polar surface area (TPSA) is 37.4 Å². The molecule has 1 aromatic heterocycles. The van der Waals surface area contributed by atoms with Crippen LogP contribution in [-0.2, 0) is 11.3 Å². The number of ether oxygens (including phenoxy) is 1. The summed E-state index contributed by atoms with van der Waals surface area (Å²) >= 11 is 0. The zero-order valence-corrected chi connectivity index (χ0v) is 12.6. The second-order valence-corrected chi connectivity index (χ2v) is 5.90. The first kappa shape index (κ1) is 14.7. The Morgan fingerprint density at radius 2 is 2.10 bits per heavy atom. The van der Waals surface area contributed by atoms with E-state index in [4.69, 9.17) is 4.74 Å². The number of nitrogens with one attached hydrogen (secondary N) is 1. The van der Waals surface area contributed by atoms with Gasteiger partial charge in [-0.05, 0) is 38.7 Å². The van der Waals surface area contributed by atoms with E-state index in [9.17, 15) is 4.39 Å². The van der Waals surface area contributed by atoms with Gasteiger partial charge in [-0.3, -0.25) is 0 Å². The highest BCUT2D eigenvalue weighted by atomic mass is 19.1. The quantitative estimate of drug-likeness (QED) is 0.874. The minimum absolute atomic E-state index is 0.166. The Morgan fingerprint density at radius 3 is 2.76 bits per heavy atom. The van der Waals surface area contributed by atoms with Gasteiger partial charge in [0.25, 0.3) is 0 Å². The van der Waals surface area contributed by atoms with Crippen LogP contribution in [0.15, 0.2) is 12.3 Å². The maximum atomic E-state index is 14.6. The van der Waals surface area contributed by atoms with Gasteiger partial charge < -0.3 is 15.0 Å². The van der Waals surface area contributed by atoms with Crippen LogP contribution in [-0.4, -0.2) is 36.8 Å². The first-order valence-electron chi connectivity index (χ1n) is 8.01. The Labute approximate surface area is 125 Å². The van der Waals surface area contributed by atoms with Crippen molar-refractivity contribution in [3.8, 4) is 0 Å². The van der Waals surface area contributed by atoms with E-state index in [1.165, 1.54) is 12.8 Å². The van der Waals surface area contributed by atoms with Gasteiger partial charge in [0.05, 0.1) is 6.10 Å². The van der Waals surface area contributed by atoms with Gasteiger partial charge in [0, 0.05) is 44.0 Å². The minimum atomic E-state index is -0.166. The first-order valence-corrected chi connectivity index (χ1v) is 8.01. The van der Waals surface area contributed by atoms with Gasteiger partial charge in [-0.2, -0.15) is 0 Å². The molecule has 0 atom stereocenters. The molecule has 1 aliphatic heterocycles. The molecule has 1 N–H and O–H groups in total. The Hall–Kier alpha value is -1.20. The van der Waals surface area contributed by atoms with E-state index in [0.29, 0.717) is 24.5 Å². The van der Waals surface area contributed by atoms with E-state index in [1.807, 2.05) is 11.8 Å². The Morgan fingerprint density at radius 1 is 1.33 bits per heavy atom. The summed E-state index contributed by atoms with van der Waals surface area (Å²) in [7, 11) is 0. The van der Waals surface area contributed by atoms with Gasteiger partial charge >= 0.3 is 0 Å². The van der Waals surface area contributed by atoms with Crippen LogP contribution in [0.1, 0.15) is 38.2 Å². The van der Waals surface area contributed by atoms with E-state index in [0.717, 1.165) is 38.1 Å². The second kappa shape index (κ2) is 6.71. The van der Waals surface area contributed by atoms with Crippen LogP contribution in [0.2, 0.25) is 0 Å². The second-order valence-electron chi connectivity index (χ2n) is 5.90. The standard InChI is InChI=1S/C16H24FN3O/c1-2-21-14-6-9-20(10-7-14)16-15(17)12(5-8-18-16)11-19-13-3-4-13/h5,8,13-14,19H,2-4,6-7,9-11H2,1H3. The lowest BCUT2D eigenvalue weighted by atomic mass is 10.1. The molecule has 2 fully saturated rings. The van der Waals surface area contributed by atoms with Crippen LogP contribution in [0.5, 0.6) is 0 Å². The summed E-state index contributed by atoms with van der Waals surface area (Å²) in [6.45, 7) is 4.99. The van der Waals surface area contributed by atoms with Crippen molar-refractivity contribution in [3.05, 3.63) is 23.6 Å². The summed E-state index contributed by atoms with van der Waals surface area (Å²) in [5.74, 6) is 0.334. The van der Waals surface area contributed by atoms with Crippen LogP contribution in [0.3, 0.4) is 0 Å². The van der Waals surface area contributed by atoms with Gasteiger partial charge in [-0.25, -0.2) is 9.37 Å². The van der Waals surface area contributed by atoms with Gasteiger partial charge in [0.2, 0.25) is 0 Å². The molecule has 4 nitrogen and oxygen atoms in total. The van der Waals surface area contributed by atoms with Crippen molar-refractivity contribution in [2.24, 2.45) is 0 Å². The monoisotopic (exact) mass is 293 g/mol. The average molecular weight is 293 g/mol. The van der Waals surface area contributed by atoms with Crippen molar-refractivity contribution >= 4 is 5.82 Å². The van der Waals surface area contributed by atoms with E-state index in [2.05, 4.69) is 10.3 Å². The molecule has 1 saturated carbocycles. The molecule has 5 heteroatoms. The molecule has 2 aliphatic rings. The molecule has 0 amide bonds. The van der Waals surface area contributed by atoms with Crippen molar-refractivity contribution in [2.45, 2.75) is 51.3 Å². The summed E-state index contributed by atoms with van der Waals surface area (Å²) < 4.78 is 20.2. The molecule has 3 rings (SSSR count). The summed E-state index contributed by atoms with van der Waals surface area (Å²) in [6, 6.07) is 2.36. The van der Waals surface area contributed by atoms with Gasteiger partial charge in [0.1, 0.15) is 0 Å². The lowest BCUT2D eigenvalue weighted by molar-refractivity contribution is 0.0457. The third-order valence-corrected chi connectivity index (χ3v) is 4.25. The summed E-state index contributed by atoms with van der Waals surface area (Å²) in [6.07, 6.45) is 6.35. The normalized spacial score (nSPS) is 20.0. The maximum absolute atomic E-state index is 14.6. The molecule has 2 heterocycles. The molecule has 116 valence electrons. The molecular formula is C16H24FN3O. The Bertz CT molecular complexity index is 471. The average Bonchev–Trinajstić information content (AvgIpc) is 3.32. The van der Waals surface area contributed by atoms with Crippen molar-refractivity contribution in [1.82, 2.24) is 10.3 Å². The number of hydrogen-bond acceptors (Lipinski definition) is 4. The Kier molecular flexibility index (Phi) is 4.70. The molecule has 1 aliphatic carbocycles. The van der Waals surface area contributed by atoms with Gasteiger partial charge in [-0.15, -0.1) is 0 Å².